The van der Waals surface area contributed by atoms with E-state index in [1.54, 1.807) is 18.3 Å². The molecule has 4 aromatic rings. The molecule has 40 heavy (non-hydrogen) atoms. The van der Waals surface area contributed by atoms with E-state index >= 15 is 0 Å². The number of hydrogen-bond acceptors (Lipinski definition) is 7. The molecule has 0 aliphatic carbocycles. The normalized spacial score (nSPS) is 10.6. The first-order valence-corrected chi connectivity index (χ1v) is 13.2. The smallest absolute Gasteiger partial charge is 0.153 e. The van der Waals surface area contributed by atoms with Gasteiger partial charge in [-0.1, -0.05) is 41.9 Å². The molecule has 8 heteroatoms. The van der Waals surface area contributed by atoms with Gasteiger partial charge in [-0.05, 0) is 72.8 Å². The molecular formula is C32H30ClN3O4. The number of nitrogens with zero attached hydrogens (tertiary/aromatic N) is 2. The number of benzene rings is 3. The van der Waals surface area contributed by atoms with Crippen LogP contribution in [0.15, 0.2) is 67.0 Å². The maximum Gasteiger partial charge on any atom is 0.153 e. The Balaban J connectivity index is 1.53. The largest absolute Gasteiger partial charge is 0.493 e. The Hall–Kier alpha value is -4.38. The number of carbonyl (C=O) groups is 1. The second-order valence-electron chi connectivity index (χ2n) is 9.22. The maximum absolute atomic E-state index is 11.7. The fourth-order valence-electron chi connectivity index (χ4n) is 4.28. The minimum atomic E-state index is 0.125. The van der Waals surface area contributed by atoms with Gasteiger partial charge in [0, 0.05) is 24.0 Å². The van der Waals surface area contributed by atoms with Gasteiger partial charge in [0.05, 0.1) is 22.8 Å². The van der Waals surface area contributed by atoms with Crippen LogP contribution in [0.1, 0.15) is 44.6 Å². The minimum Gasteiger partial charge on any atom is -0.493 e. The fourth-order valence-corrected chi connectivity index (χ4v) is 4.51. The van der Waals surface area contributed by atoms with E-state index in [0.717, 1.165) is 40.0 Å². The highest BCUT2D eigenvalue weighted by atomic mass is 35.5. The first-order valence-electron chi connectivity index (χ1n) is 12.8. The summed E-state index contributed by atoms with van der Waals surface area (Å²) in [6.07, 6.45) is 4.55. The van der Waals surface area contributed by atoms with Crippen molar-refractivity contribution in [2.75, 3.05) is 13.2 Å². The minimum absolute atomic E-state index is 0.125. The molecule has 0 aliphatic rings. The van der Waals surface area contributed by atoms with Crippen molar-refractivity contribution in [1.82, 2.24) is 4.98 Å². The maximum atomic E-state index is 11.7. The van der Waals surface area contributed by atoms with Crippen molar-refractivity contribution in [2.24, 2.45) is 5.73 Å². The molecule has 1 heterocycles. The van der Waals surface area contributed by atoms with Gasteiger partial charge in [0.1, 0.15) is 36.5 Å². The molecule has 2 N–H and O–H groups in total. The molecule has 0 bridgehead atoms. The number of halogens is 1. The second-order valence-corrected chi connectivity index (χ2v) is 9.63. The molecule has 204 valence electrons. The van der Waals surface area contributed by atoms with Crippen LogP contribution in [0.3, 0.4) is 0 Å². The van der Waals surface area contributed by atoms with Gasteiger partial charge in [-0.2, -0.15) is 5.26 Å². The zero-order chi connectivity index (χ0) is 28.5. The monoisotopic (exact) mass is 555 g/mol. The molecule has 0 radical (unpaired) electrons. The average Bonchev–Trinajstić information content (AvgIpc) is 2.97. The quantitative estimate of drug-likeness (QED) is 0.155. The van der Waals surface area contributed by atoms with Crippen molar-refractivity contribution < 1.29 is 19.0 Å². The van der Waals surface area contributed by atoms with Crippen LogP contribution < -0.4 is 19.9 Å². The Morgan fingerprint density at radius 3 is 2.42 bits per heavy atom. The van der Waals surface area contributed by atoms with Gasteiger partial charge in [0.25, 0.3) is 0 Å². The molecule has 0 saturated carbocycles. The molecule has 7 nitrogen and oxygen atoms in total. The first kappa shape index (κ1) is 28.6. The zero-order valence-corrected chi connectivity index (χ0v) is 23.2. The van der Waals surface area contributed by atoms with Crippen LogP contribution in [0.25, 0.3) is 11.1 Å². The van der Waals surface area contributed by atoms with Gasteiger partial charge in [0.2, 0.25) is 0 Å². The van der Waals surface area contributed by atoms with E-state index in [-0.39, 0.29) is 13.2 Å². The number of aromatic nitrogens is 1. The number of pyridine rings is 1. The van der Waals surface area contributed by atoms with Crippen LogP contribution >= 0.6 is 11.6 Å². The first-order chi connectivity index (χ1) is 19.4. The summed E-state index contributed by atoms with van der Waals surface area (Å²) in [6.45, 7) is 5.66. The van der Waals surface area contributed by atoms with Gasteiger partial charge in [0.15, 0.2) is 6.29 Å². The lowest BCUT2D eigenvalue weighted by molar-refractivity contribution is 0.111. The van der Waals surface area contributed by atoms with Crippen LogP contribution in [0, 0.1) is 25.2 Å². The summed E-state index contributed by atoms with van der Waals surface area (Å²) >= 11 is 6.45. The standard InChI is InChI=1S/C32H30ClN3O4/c1-21-25(6-3-7-27(21)28-8-4-9-30(22(28)2)38-11-5-10-34)20-40-32-14-31(26(18-37)13-29(32)33)39-19-24-12-23(15-35)16-36-17-24/h3-4,6-9,12-14,16-18H,5,10-11,19-20,34H2,1-2H3. The van der Waals surface area contributed by atoms with Crippen molar-refractivity contribution in [3.63, 3.8) is 0 Å². The summed E-state index contributed by atoms with van der Waals surface area (Å²) in [6, 6.07) is 19.0. The molecule has 0 fully saturated rings. The summed E-state index contributed by atoms with van der Waals surface area (Å²) in [5, 5.41) is 9.40. The van der Waals surface area contributed by atoms with Gasteiger partial charge >= 0.3 is 0 Å². The number of nitriles is 1. The lowest BCUT2D eigenvalue weighted by Crippen LogP contribution is -2.07. The Kier molecular flexibility index (Phi) is 9.74. The fraction of sp³-hybridized carbons (Fsp3) is 0.219. The highest BCUT2D eigenvalue weighted by Gasteiger charge is 2.15. The number of hydrogen-bond donors (Lipinski definition) is 1. The van der Waals surface area contributed by atoms with Crippen LogP contribution in [0.2, 0.25) is 5.02 Å². The predicted octanol–water partition coefficient (Wildman–Crippen LogP) is 6.59. The molecule has 3 aromatic carbocycles. The molecule has 0 amide bonds. The highest BCUT2D eigenvalue weighted by Crippen LogP contribution is 2.36. The van der Waals surface area contributed by atoms with E-state index in [4.69, 9.17) is 36.8 Å². The molecule has 0 atom stereocenters. The molecule has 0 saturated heterocycles. The zero-order valence-electron chi connectivity index (χ0n) is 22.4. The predicted molar refractivity (Wildman–Crippen MR) is 155 cm³/mol. The van der Waals surface area contributed by atoms with Crippen LogP contribution in [-0.4, -0.2) is 24.4 Å². The van der Waals surface area contributed by atoms with Gasteiger partial charge in [-0.3, -0.25) is 9.78 Å². The van der Waals surface area contributed by atoms with E-state index in [2.05, 4.69) is 31.0 Å². The molecule has 0 aliphatic heterocycles. The van der Waals surface area contributed by atoms with E-state index in [1.165, 1.54) is 12.3 Å². The van der Waals surface area contributed by atoms with E-state index < -0.39 is 0 Å². The average molecular weight is 556 g/mol. The Bertz CT molecular complexity index is 1550. The lowest BCUT2D eigenvalue weighted by atomic mass is 9.93. The van der Waals surface area contributed by atoms with Crippen LogP contribution in [-0.2, 0) is 13.2 Å². The highest BCUT2D eigenvalue weighted by molar-refractivity contribution is 6.32. The third-order valence-electron chi connectivity index (χ3n) is 6.52. The SMILES string of the molecule is Cc1c(COc2cc(OCc3cncc(C#N)c3)c(C=O)cc2Cl)cccc1-c1cccc(OCCCN)c1C. The van der Waals surface area contributed by atoms with Crippen molar-refractivity contribution in [2.45, 2.75) is 33.5 Å². The summed E-state index contributed by atoms with van der Waals surface area (Å²) in [7, 11) is 0. The second kappa shape index (κ2) is 13.6. The number of carbonyl (C=O) groups excluding carboxylic acids is 1. The van der Waals surface area contributed by atoms with Gasteiger partial charge < -0.3 is 19.9 Å². The third-order valence-corrected chi connectivity index (χ3v) is 6.81. The van der Waals surface area contributed by atoms with E-state index in [0.29, 0.717) is 52.6 Å². The molecule has 1 aromatic heterocycles. The number of ether oxygens (including phenoxy) is 3. The van der Waals surface area contributed by atoms with Gasteiger partial charge in [-0.25, -0.2) is 0 Å². The molecule has 0 unspecified atom stereocenters. The summed E-state index contributed by atoms with van der Waals surface area (Å²) in [5.41, 5.74) is 12.3. The van der Waals surface area contributed by atoms with Crippen LogP contribution in [0.5, 0.6) is 17.2 Å². The summed E-state index contributed by atoms with van der Waals surface area (Å²) in [4.78, 5) is 15.7. The topological polar surface area (TPSA) is 107 Å². The van der Waals surface area contributed by atoms with Crippen molar-refractivity contribution in [3.8, 4) is 34.4 Å². The van der Waals surface area contributed by atoms with E-state index in [1.807, 2.05) is 30.3 Å². The number of nitrogens with two attached hydrogens (primary N) is 1. The molecule has 4 rings (SSSR count). The lowest BCUT2D eigenvalue weighted by Gasteiger charge is -2.17. The van der Waals surface area contributed by atoms with Crippen molar-refractivity contribution in [1.29, 1.82) is 5.26 Å². The number of aldehydes is 1. The van der Waals surface area contributed by atoms with E-state index in [9.17, 15) is 4.79 Å². The van der Waals surface area contributed by atoms with Crippen molar-refractivity contribution in [3.05, 3.63) is 105 Å². The molecule has 0 spiro atoms. The van der Waals surface area contributed by atoms with Gasteiger partial charge in [-0.15, -0.1) is 0 Å². The Labute approximate surface area is 239 Å². The summed E-state index contributed by atoms with van der Waals surface area (Å²) < 4.78 is 18.0. The number of rotatable bonds is 12. The molecular weight excluding hydrogens is 526 g/mol. The van der Waals surface area contributed by atoms with Crippen LogP contribution in [0.4, 0.5) is 0 Å². The Morgan fingerprint density at radius 1 is 0.925 bits per heavy atom. The third kappa shape index (κ3) is 6.78. The summed E-state index contributed by atoms with van der Waals surface area (Å²) in [5.74, 6) is 1.56. The Morgan fingerprint density at radius 2 is 1.68 bits per heavy atom. The van der Waals surface area contributed by atoms with Crippen molar-refractivity contribution >= 4 is 17.9 Å².